The Labute approximate surface area is 85.0 Å². The average molecular weight is 201 g/mol. The predicted octanol–water partition coefficient (Wildman–Crippen LogP) is 1.05. The van der Waals surface area contributed by atoms with E-state index in [1.807, 2.05) is 34.6 Å². The van der Waals surface area contributed by atoms with Gasteiger partial charge in [0.25, 0.3) is 5.91 Å². The highest BCUT2D eigenvalue weighted by Gasteiger charge is 2.42. The number of hydrogen-bond donors (Lipinski definition) is 1. The summed E-state index contributed by atoms with van der Waals surface area (Å²) in [6, 6.07) is 0.127. The van der Waals surface area contributed by atoms with Gasteiger partial charge in [-0.2, -0.15) is 0 Å². The summed E-state index contributed by atoms with van der Waals surface area (Å²) in [7, 11) is 0. The smallest absolute Gasteiger partial charge is 0.252 e. The first-order valence-electron chi connectivity index (χ1n) is 4.98. The maximum atomic E-state index is 11.6. The summed E-state index contributed by atoms with van der Waals surface area (Å²) < 4.78 is 11.0. The van der Waals surface area contributed by atoms with E-state index in [-0.39, 0.29) is 18.1 Å². The van der Waals surface area contributed by atoms with Gasteiger partial charge in [-0.15, -0.1) is 0 Å². The lowest BCUT2D eigenvalue weighted by Crippen LogP contribution is -2.42. The third kappa shape index (κ3) is 2.69. The third-order valence-corrected chi connectivity index (χ3v) is 2.00. The van der Waals surface area contributed by atoms with E-state index in [0.717, 1.165) is 0 Å². The van der Waals surface area contributed by atoms with Crippen LogP contribution in [-0.4, -0.2) is 29.9 Å². The maximum Gasteiger partial charge on any atom is 0.252 e. The minimum atomic E-state index is -0.654. The van der Waals surface area contributed by atoms with Crippen molar-refractivity contribution in [2.75, 3.05) is 0 Å². The van der Waals surface area contributed by atoms with Crippen molar-refractivity contribution in [3.8, 4) is 0 Å². The van der Waals surface area contributed by atoms with Gasteiger partial charge in [0.2, 0.25) is 0 Å². The first-order chi connectivity index (χ1) is 6.32. The van der Waals surface area contributed by atoms with Gasteiger partial charge in [0, 0.05) is 6.04 Å². The van der Waals surface area contributed by atoms with E-state index < -0.39 is 11.9 Å². The zero-order valence-corrected chi connectivity index (χ0v) is 9.46. The van der Waals surface area contributed by atoms with Gasteiger partial charge in [0.05, 0.1) is 6.10 Å². The van der Waals surface area contributed by atoms with Crippen LogP contribution in [0.15, 0.2) is 0 Å². The molecule has 14 heavy (non-hydrogen) atoms. The average Bonchev–Trinajstić information content (AvgIpc) is 2.23. The molecule has 1 amide bonds. The molecule has 0 radical (unpaired) electrons. The highest BCUT2D eigenvalue weighted by Crippen LogP contribution is 2.27. The van der Waals surface area contributed by atoms with Crippen LogP contribution < -0.4 is 5.32 Å². The number of carbonyl (C=O) groups excluding carboxylic acids is 1. The van der Waals surface area contributed by atoms with Crippen molar-refractivity contribution >= 4 is 5.91 Å². The van der Waals surface area contributed by atoms with Gasteiger partial charge in [-0.3, -0.25) is 4.79 Å². The fraction of sp³-hybridized carbons (Fsp3) is 0.900. The molecule has 1 fully saturated rings. The van der Waals surface area contributed by atoms with Crippen LogP contribution in [0.5, 0.6) is 0 Å². The molecular formula is C10H19NO3. The molecule has 0 aromatic carbocycles. The van der Waals surface area contributed by atoms with E-state index in [2.05, 4.69) is 5.32 Å². The standard InChI is InChI=1S/C10H19NO3/c1-6(2)11-9(12)8-7(3)13-10(4,5)14-8/h6-8H,1-5H3,(H,11,12). The minimum Gasteiger partial charge on any atom is -0.352 e. The van der Waals surface area contributed by atoms with Crippen LogP contribution in [-0.2, 0) is 14.3 Å². The second-order valence-electron chi connectivity index (χ2n) is 4.42. The highest BCUT2D eigenvalue weighted by atomic mass is 16.8. The van der Waals surface area contributed by atoms with Crippen molar-refractivity contribution in [2.45, 2.75) is 58.7 Å². The molecule has 1 saturated heterocycles. The van der Waals surface area contributed by atoms with Gasteiger partial charge >= 0.3 is 0 Å². The Kier molecular flexibility index (Phi) is 3.17. The van der Waals surface area contributed by atoms with Gasteiger partial charge < -0.3 is 14.8 Å². The molecule has 1 aliphatic heterocycles. The molecule has 1 heterocycles. The van der Waals surface area contributed by atoms with Crippen molar-refractivity contribution in [3.63, 3.8) is 0 Å². The molecule has 1 aliphatic rings. The lowest BCUT2D eigenvalue weighted by atomic mass is 10.2. The molecule has 2 unspecified atom stereocenters. The quantitative estimate of drug-likeness (QED) is 0.726. The number of nitrogens with one attached hydrogen (secondary N) is 1. The predicted molar refractivity (Wildman–Crippen MR) is 52.8 cm³/mol. The molecule has 1 rings (SSSR count). The van der Waals surface area contributed by atoms with Crippen molar-refractivity contribution in [2.24, 2.45) is 0 Å². The Hall–Kier alpha value is -0.610. The van der Waals surface area contributed by atoms with E-state index in [1.165, 1.54) is 0 Å². The maximum absolute atomic E-state index is 11.6. The number of amides is 1. The van der Waals surface area contributed by atoms with Crippen LogP contribution in [0, 0.1) is 0 Å². The van der Waals surface area contributed by atoms with Crippen molar-refractivity contribution in [1.82, 2.24) is 5.32 Å². The topological polar surface area (TPSA) is 47.6 Å². The highest BCUT2D eigenvalue weighted by molar-refractivity contribution is 5.81. The van der Waals surface area contributed by atoms with E-state index in [0.29, 0.717) is 0 Å². The monoisotopic (exact) mass is 201 g/mol. The van der Waals surface area contributed by atoms with Crippen molar-refractivity contribution < 1.29 is 14.3 Å². The van der Waals surface area contributed by atoms with E-state index in [1.54, 1.807) is 0 Å². The van der Waals surface area contributed by atoms with E-state index >= 15 is 0 Å². The second-order valence-corrected chi connectivity index (χ2v) is 4.42. The molecule has 0 aliphatic carbocycles. The number of carbonyl (C=O) groups is 1. The van der Waals surface area contributed by atoms with E-state index in [4.69, 9.17) is 9.47 Å². The molecule has 82 valence electrons. The number of ether oxygens (including phenoxy) is 2. The Balaban J connectivity index is 2.57. The molecule has 2 atom stereocenters. The Bertz CT molecular complexity index is 225. The second kappa shape index (κ2) is 3.87. The zero-order valence-electron chi connectivity index (χ0n) is 9.46. The third-order valence-electron chi connectivity index (χ3n) is 2.00. The molecule has 4 heteroatoms. The van der Waals surface area contributed by atoms with E-state index in [9.17, 15) is 4.79 Å². The summed E-state index contributed by atoms with van der Waals surface area (Å²) in [4.78, 5) is 11.6. The summed E-state index contributed by atoms with van der Waals surface area (Å²) in [6.45, 7) is 9.31. The normalized spacial score (nSPS) is 30.7. The molecule has 0 aromatic rings. The Morgan fingerprint density at radius 3 is 2.29 bits per heavy atom. The Morgan fingerprint density at radius 1 is 1.36 bits per heavy atom. The summed E-state index contributed by atoms with van der Waals surface area (Å²) in [5.41, 5.74) is 0. The summed E-state index contributed by atoms with van der Waals surface area (Å²) in [5, 5.41) is 2.81. The summed E-state index contributed by atoms with van der Waals surface area (Å²) >= 11 is 0. The van der Waals surface area contributed by atoms with Gasteiger partial charge in [0.1, 0.15) is 0 Å². The van der Waals surface area contributed by atoms with Gasteiger partial charge in [0.15, 0.2) is 11.9 Å². The fourth-order valence-electron chi connectivity index (χ4n) is 1.57. The molecule has 0 bridgehead atoms. The number of hydrogen-bond acceptors (Lipinski definition) is 3. The van der Waals surface area contributed by atoms with Crippen LogP contribution in [0.25, 0.3) is 0 Å². The van der Waals surface area contributed by atoms with Crippen LogP contribution in [0.1, 0.15) is 34.6 Å². The first kappa shape index (κ1) is 11.5. The zero-order chi connectivity index (χ0) is 10.9. The van der Waals surface area contributed by atoms with Crippen LogP contribution >= 0.6 is 0 Å². The summed E-state index contributed by atoms with van der Waals surface area (Å²) in [6.07, 6.45) is -0.684. The van der Waals surface area contributed by atoms with Crippen LogP contribution in [0.3, 0.4) is 0 Å². The lowest BCUT2D eigenvalue weighted by Gasteiger charge is -2.17. The van der Waals surface area contributed by atoms with Crippen molar-refractivity contribution in [1.29, 1.82) is 0 Å². The molecule has 1 N–H and O–H groups in total. The molecular weight excluding hydrogens is 182 g/mol. The minimum absolute atomic E-state index is 0.0990. The fourth-order valence-corrected chi connectivity index (χ4v) is 1.57. The van der Waals surface area contributed by atoms with Crippen LogP contribution in [0.2, 0.25) is 0 Å². The first-order valence-corrected chi connectivity index (χ1v) is 4.98. The van der Waals surface area contributed by atoms with Crippen molar-refractivity contribution in [3.05, 3.63) is 0 Å². The molecule has 0 aromatic heterocycles. The largest absolute Gasteiger partial charge is 0.352 e. The summed E-state index contributed by atoms with van der Waals surface area (Å²) in [5.74, 6) is -0.753. The SMILES string of the molecule is CC(C)NC(=O)C1OC(C)(C)OC1C. The molecule has 4 nitrogen and oxygen atoms in total. The molecule has 0 spiro atoms. The van der Waals surface area contributed by atoms with Crippen LogP contribution in [0.4, 0.5) is 0 Å². The Morgan fingerprint density at radius 2 is 1.93 bits per heavy atom. The van der Waals surface area contributed by atoms with Gasteiger partial charge in [-0.05, 0) is 34.6 Å². The van der Waals surface area contributed by atoms with Gasteiger partial charge in [-0.1, -0.05) is 0 Å². The van der Waals surface area contributed by atoms with Gasteiger partial charge in [-0.25, -0.2) is 0 Å². The number of rotatable bonds is 2. The molecule has 0 saturated carbocycles. The lowest BCUT2D eigenvalue weighted by molar-refractivity contribution is -0.155.